The zero-order valence-electron chi connectivity index (χ0n) is 9.51. The molecule has 1 amide bonds. The van der Waals surface area contributed by atoms with Crippen molar-refractivity contribution >= 4 is 17.7 Å². The molecular formula is C11H11FN2O4. The van der Waals surface area contributed by atoms with Crippen LogP contribution in [0, 0.1) is 15.9 Å². The van der Waals surface area contributed by atoms with Crippen molar-refractivity contribution in [2.45, 2.75) is 6.92 Å². The smallest absolute Gasteiger partial charge is 0.314 e. The van der Waals surface area contributed by atoms with E-state index in [0.29, 0.717) is 6.07 Å². The number of carbonyl (C=O) groups excluding carboxylic acids is 1. The number of benzene rings is 1. The molecule has 0 saturated heterocycles. The van der Waals surface area contributed by atoms with Crippen LogP contribution >= 0.6 is 0 Å². The molecule has 1 aromatic carbocycles. The summed E-state index contributed by atoms with van der Waals surface area (Å²) in [5.74, 6) is -1.67. The number of rotatable bonds is 4. The van der Waals surface area contributed by atoms with Crippen LogP contribution in [-0.4, -0.2) is 22.5 Å². The lowest BCUT2D eigenvalue weighted by Crippen LogP contribution is -2.19. The quantitative estimate of drug-likeness (QED) is 0.630. The zero-order chi connectivity index (χ0) is 13.7. The molecule has 1 rings (SSSR count). The number of halogens is 1. The highest BCUT2D eigenvalue weighted by atomic mass is 19.1. The number of nitrogens with one attached hydrogen (secondary N) is 1. The fraction of sp³-hybridized carbons (Fsp3) is 0.182. The van der Waals surface area contributed by atoms with Crippen LogP contribution in [0.4, 0.5) is 10.1 Å². The van der Waals surface area contributed by atoms with E-state index in [9.17, 15) is 24.4 Å². The lowest BCUT2D eigenvalue weighted by molar-refractivity contribution is -0.386. The second-order valence-corrected chi connectivity index (χ2v) is 3.46. The molecule has 6 nitrogen and oxygen atoms in total. The highest BCUT2D eigenvalue weighted by molar-refractivity contribution is 5.73. The number of amides is 1. The predicted octanol–water partition coefficient (Wildman–Crippen LogP) is 1.59. The van der Waals surface area contributed by atoms with Crippen LogP contribution in [-0.2, 0) is 4.79 Å². The van der Waals surface area contributed by atoms with Crippen molar-refractivity contribution in [3.8, 4) is 5.75 Å². The van der Waals surface area contributed by atoms with Gasteiger partial charge in [0.1, 0.15) is 5.82 Å². The maximum atomic E-state index is 13.1. The number of phenolic OH excluding ortho intramolecular Hbond substituents is 1. The van der Waals surface area contributed by atoms with Crippen molar-refractivity contribution in [1.82, 2.24) is 5.32 Å². The first-order chi connectivity index (χ1) is 8.41. The van der Waals surface area contributed by atoms with Gasteiger partial charge in [-0.1, -0.05) is 12.2 Å². The summed E-state index contributed by atoms with van der Waals surface area (Å²) in [6, 6.07) is 1.60. The normalized spacial score (nSPS) is 10.6. The third kappa shape index (κ3) is 3.55. The summed E-state index contributed by atoms with van der Waals surface area (Å²) in [4.78, 5) is 20.2. The van der Waals surface area contributed by atoms with Crippen molar-refractivity contribution in [1.29, 1.82) is 0 Å². The minimum Gasteiger partial charge on any atom is -0.502 e. The van der Waals surface area contributed by atoms with E-state index in [1.165, 1.54) is 19.1 Å². The fourth-order valence-corrected chi connectivity index (χ4v) is 1.26. The van der Waals surface area contributed by atoms with E-state index in [-0.39, 0.29) is 18.0 Å². The van der Waals surface area contributed by atoms with Gasteiger partial charge in [0.2, 0.25) is 11.7 Å². The summed E-state index contributed by atoms with van der Waals surface area (Å²) in [5, 5.41) is 22.5. The topological polar surface area (TPSA) is 92.5 Å². The molecule has 0 aliphatic heterocycles. The van der Waals surface area contributed by atoms with E-state index in [4.69, 9.17) is 0 Å². The molecule has 0 spiro atoms. The number of hydrogen-bond donors (Lipinski definition) is 2. The molecule has 2 N–H and O–H groups in total. The van der Waals surface area contributed by atoms with Crippen LogP contribution in [0.1, 0.15) is 12.5 Å². The number of phenols is 1. The maximum Gasteiger partial charge on any atom is 0.314 e. The SMILES string of the molecule is CC(=O)NCC=Cc1cc(F)cc([N+](=O)[O-])c1O. The average Bonchev–Trinajstić information content (AvgIpc) is 2.27. The largest absolute Gasteiger partial charge is 0.502 e. The zero-order valence-corrected chi connectivity index (χ0v) is 9.51. The van der Waals surface area contributed by atoms with Gasteiger partial charge in [-0.15, -0.1) is 0 Å². The molecule has 0 aliphatic carbocycles. The Bertz CT molecular complexity index is 514. The van der Waals surface area contributed by atoms with Gasteiger partial charge in [0, 0.05) is 19.0 Å². The van der Waals surface area contributed by atoms with E-state index >= 15 is 0 Å². The Hall–Kier alpha value is -2.44. The van der Waals surface area contributed by atoms with Crippen LogP contribution in [0.2, 0.25) is 0 Å². The molecule has 0 radical (unpaired) electrons. The van der Waals surface area contributed by atoms with Crippen molar-refractivity contribution < 1.29 is 19.2 Å². The number of nitrogens with zero attached hydrogens (tertiary/aromatic N) is 1. The second kappa shape index (κ2) is 5.76. The number of hydrogen-bond acceptors (Lipinski definition) is 4. The van der Waals surface area contributed by atoms with Crippen LogP contribution in [0.15, 0.2) is 18.2 Å². The molecule has 1 aromatic rings. The van der Waals surface area contributed by atoms with Gasteiger partial charge < -0.3 is 10.4 Å². The third-order valence-electron chi connectivity index (χ3n) is 2.05. The van der Waals surface area contributed by atoms with Crippen LogP contribution < -0.4 is 5.32 Å². The summed E-state index contributed by atoms with van der Waals surface area (Å²) < 4.78 is 13.1. The van der Waals surface area contributed by atoms with Gasteiger partial charge >= 0.3 is 5.69 Å². The lowest BCUT2D eigenvalue weighted by atomic mass is 10.1. The summed E-state index contributed by atoms with van der Waals surface area (Å²) in [7, 11) is 0. The summed E-state index contributed by atoms with van der Waals surface area (Å²) in [6.45, 7) is 1.51. The van der Waals surface area contributed by atoms with Gasteiger partial charge in [-0.2, -0.15) is 0 Å². The minimum absolute atomic E-state index is 0.0212. The Morgan fingerprint density at radius 2 is 2.28 bits per heavy atom. The minimum atomic E-state index is -0.871. The Kier molecular flexibility index (Phi) is 4.36. The van der Waals surface area contributed by atoms with Crippen molar-refractivity contribution in [2.24, 2.45) is 0 Å². The standard InChI is InChI=1S/C11H11FN2O4/c1-7(15)13-4-2-3-8-5-9(12)6-10(11(8)16)14(17)18/h2-3,5-6,16H,4H2,1H3,(H,13,15). The van der Waals surface area contributed by atoms with Crippen molar-refractivity contribution in [2.75, 3.05) is 6.54 Å². The molecule has 0 bridgehead atoms. The van der Waals surface area contributed by atoms with Gasteiger partial charge in [-0.05, 0) is 6.07 Å². The molecule has 0 aliphatic rings. The third-order valence-corrected chi connectivity index (χ3v) is 2.05. The van der Waals surface area contributed by atoms with Crippen molar-refractivity contribution in [3.63, 3.8) is 0 Å². The average molecular weight is 254 g/mol. The van der Waals surface area contributed by atoms with Gasteiger partial charge in [0.25, 0.3) is 0 Å². The molecule has 0 heterocycles. The Labute approximate surface area is 102 Å². The number of aromatic hydroxyl groups is 1. The first-order valence-electron chi connectivity index (χ1n) is 4.99. The number of carbonyl (C=O) groups is 1. The van der Waals surface area contributed by atoms with Gasteiger partial charge in [0.05, 0.1) is 11.0 Å². The predicted molar refractivity (Wildman–Crippen MR) is 62.4 cm³/mol. The molecular weight excluding hydrogens is 243 g/mol. The number of nitro groups is 1. The van der Waals surface area contributed by atoms with Gasteiger partial charge in [-0.25, -0.2) is 4.39 Å². The molecule has 0 saturated carbocycles. The Morgan fingerprint density at radius 1 is 1.61 bits per heavy atom. The molecule has 0 unspecified atom stereocenters. The molecule has 0 aromatic heterocycles. The Balaban J connectivity index is 2.95. The van der Waals surface area contributed by atoms with E-state index in [1.54, 1.807) is 0 Å². The van der Waals surface area contributed by atoms with E-state index < -0.39 is 22.2 Å². The molecule has 18 heavy (non-hydrogen) atoms. The van der Waals surface area contributed by atoms with Gasteiger partial charge in [-0.3, -0.25) is 14.9 Å². The molecule has 7 heteroatoms. The number of nitro benzene ring substituents is 1. The maximum absolute atomic E-state index is 13.1. The highest BCUT2D eigenvalue weighted by Gasteiger charge is 2.17. The van der Waals surface area contributed by atoms with Gasteiger partial charge in [0.15, 0.2) is 0 Å². The Morgan fingerprint density at radius 3 is 2.83 bits per heavy atom. The summed E-state index contributed by atoms with van der Waals surface area (Å²) >= 11 is 0. The highest BCUT2D eigenvalue weighted by Crippen LogP contribution is 2.31. The van der Waals surface area contributed by atoms with E-state index in [2.05, 4.69) is 5.32 Å². The van der Waals surface area contributed by atoms with Crippen LogP contribution in [0.25, 0.3) is 6.08 Å². The van der Waals surface area contributed by atoms with Crippen molar-refractivity contribution in [3.05, 3.63) is 39.7 Å². The molecule has 96 valence electrons. The molecule has 0 fully saturated rings. The van der Waals surface area contributed by atoms with E-state index in [0.717, 1.165) is 6.07 Å². The second-order valence-electron chi connectivity index (χ2n) is 3.46. The first-order valence-corrected chi connectivity index (χ1v) is 4.99. The van der Waals surface area contributed by atoms with Crippen LogP contribution in [0.5, 0.6) is 5.75 Å². The fourth-order valence-electron chi connectivity index (χ4n) is 1.26. The van der Waals surface area contributed by atoms with Crippen LogP contribution in [0.3, 0.4) is 0 Å². The van der Waals surface area contributed by atoms with E-state index in [1.807, 2.05) is 0 Å². The summed E-state index contributed by atoms with van der Waals surface area (Å²) in [6.07, 6.45) is 2.74. The first kappa shape index (κ1) is 13.6. The summed E-state index contributed by atoms with van der Waals surface area (Å²) in [5.41, 5.74) is -0.721. The molecule has 0 atom stereocenters. The monoisotopic (exact) mass is 254 g/mol. The lowest BCUT2D eigenvalue weighted by Gasteiger charge is -2.01.